The van der Waals surface area contributed by atoms with E-state index in [0.717, 1.165) is 4.57 Å². The van der Waals surface area contributed by atoms with Gasteiger partial charge in [0.15, 0.2) is 23.5 Å². The summed E-state index contributed by atoms with van der Waals surface area (Å²) >= 11 is 0. The van der Waals surface area contributed by atoms with Crippen LogP contribution in [0.3, 0.4) is 0 Å². The number of aromatic hydroxyl groups is 2. The molecule has 0 aliphatic rings. The van der Waals surface area contributed by atoms with Crippen LogP contribution in [0.4, 0.5) is 0 Å². The van der Waals surface area contributed by atoms with Gasteiger partial charge in [-0.1, -0.05) is 6.92 Å². The van der Waals surface area contributed by atoms with Gasteiger partial charge in [0.1, 0.15) is 11.4 Å². The van der Waals surface area contributed by atoms with Crippen LogP contribution in [-0.4, -0.2) is 40.8 Å². The molecule has 0 radical (unpaired) electrons. The first kappa shape index (κ1) is 16.4. The number of aromatic nitrogens is 1. The predicted octanol–water partition coefficient (Wildman–Crippen LogP) is 2.28. The molecule has 2 rings (SSSR count). The van der Waals surface area contributed by atoms with Crippen LogP contribution in [0.15, 0.2) is 24.3 Å². The molecule has 0 fully saturated rings. The van der Waals surface area contributed by atoms with Gasteiger partial charge in [0, 0.05) is 5.69 Å². The second kappa shape index (κ2) is 6.87. The van der Waals surface area contributed by atoms with Crippen molar-refractivity contribution in [2.75, 3.05) is 13.7 Å². The molecule has 0 unspecified atom stereocenters. The van der Waals surface area contributed by atoms with Gasteiger partial charge in [-0.05, 0) is 30.7 Å². The largest absolute Gasteiger partial charge is 0.503 e. The minimum absolute atomic E-state index is 0.156. The van der Waals surface area contributed by atoms with E-state index in [2.05, 4.69) is 0 Å². The first-order chi connectivity index (χ1) is 11.0. The molecule has 7 nitrogen and oxygen atoms in total. The monoisotopic (exact) mass is 319 g/mol. The number of rotatable bonds is 6. The van der Waals surface area contributed by atoms with Crippen molar-refractivity contribution in [3.8, 4) is 22.9 Å². The minimum Gasteiger partial charge on any atom is -0.503 e. The van der Waals surface area contributed by atoms with E-state index in [0.29, 0.717) is 24.1 Å². The van der Waals surface area contributed by atoms with E-state index < -0.39 is 17.5 Å². The molecule has 7 heteroatoms. The molecule has 0 bridgehead atoms. The lowest BCUT2D eigenvalue weighted by Gasteiger charge is -2.11. The second-order valence-electron chi connectivity index (χ2n) is 4.72. The molecule has 0 saturated heterocycles. The summed E-state index contributed by atoms with van der Waals surface area (Å²) in [6.45, 7) is 1.98. The van der Waals surface area contributed by atoms with Crippen molar-refractivity contribution < 1.29 is 29.3 Å². The van der Waals surface area contributed by atoms with Gasteiger partial charge in [0.05, 0.1) is 13.7 Å². The lowest BCUT2D eigenvalue weighted by Crippen LogP contribution is -2.13. The van der Waals surface area contributed by atoms with E-state index in [-0.39, 0.29) is 18.0 Å². The van der Waals surface area contributed by atoms with E-state index in [1.54, 1.807) is 24.3 Å². The normalized spacial score (nSPS) is 10.3. The molecule has 1 aromatic heterocycles. The van der Waals surface area contributed by atoms with Crippen molar-refractivity contribution in [2.45, 2.75) is 13.3 Å². The standard InChI is InChI=1S/C16H17NO6/c1-3-8-23-16(21)13-15(20)14(19)12(9-18)17(13)10-4-6-11(22-2)7-5-10/h4-7,9,19-20H,3,8H2,1-2H3. The van der Waals surface area contributed by atoms with Gasteiger partial charge in [-0.25, -0.2) is 4.79 Å². The number of benzene rings is 1. The molecule has 2 aromatic rings. The minimum atomic E-state index is -0.830. The molecular weight excluding hydrogens is 302 g/mol. The lowest BCUT2D eigenvalue weighted by molar-refractivity contribution is 0.0492. The maximum Gasteiger partial charge on any atom is 0.359 e. The Morgan fingerprint density at radius 3 is 2.39 bits per heavy atom. The molecule has 0 saturated carbocycles. The number of hydrogen-bond donors (Lipinski definition) is 2. The Morgan fingerprint density at radius 2 is 1.87 bits per heavy atom. The Kier molecular flexibility index (Phi) is 4.90. The zero-order chi connectivity index (χ0) is 17.0. The maximum atomic E-state index is 12.2. The number of nitrogens with zero attached hydrogens (tertiary/aromatic N) is 1. The number of carbonyl (C=O) groups excluding carboxylic acids is 2. The van der Waals surface area contributed by atoms with E-state index in [1.807, 2.05) is 6.92 Å². The number of hydrogen-bond acceptors (Lipinski definition) is 6. The third kappa shape index (κ3) is 2.98. The van der Waals surface area contributed by atoms with E-state index in [1.165, 1.54) is 7.11 Å². The van der Waals surface area contributed by atoms with Crippen molar-refractivity contribution in [1.82, 2.24) is 4.57 Å². The van der Waals surface area contributed by atoms with Crippen molar-refractivity contribution in [1.29, 1.82) is 0 Å². The van der Waals surface area contributed by atoms with Gasteiger partial charge in [-0.2, -0.15) is 0 Å². The van der Waals surface area contributed by atoms with Crippen molar-refractivity contribution in [3.63, 3.8) is 0 Å². The van der Waals surface area contributed by atoms with Crippen LogP contribution >= 0.6 is 0 Å². The zero-order valence-electron chi connectivity index (χ0n) is 12.8. The third-order valence-electron chi connectivity index (χ3n) is 3.23. The van der Waals surface area contributed by atoms with Gasteiger partial charge in [-0.3, -0.25) is 9.36 Å². The molecule has 1 heterocycles. The molecule has 0 atom stereocenters. The summed E-state index contributed by atoms with van der Waals surface area (Å²) < 4.78 is 11.2. The quantitative estimate of drug-likeness (QED) is 0.626. The molecule has 2 N–H and O–H groups in total. The van der Waals surface area contributed by atoms with Crippen LogP contribution in [0, 0.1) is 0 Å². The highest BCUT2D eigenvalue weighted by atomic mass is 16.5. The third-order valence-corrected chi connectivity index (χ3v) is 3.23. The second-order valence-corrected chi connectivity index (χ2v) is 4.72. The van der Waals surface area contributed by atoms with Gasteiger partial charge < -0.3 is 19.7 Å². The topological polar surface area (TPSA) is 98.0 Å². The summed E-state index contributed by atoms with van der Waals surface area (Å²) in [5, 5.41) is 19.9. The number of ether oxygens (including phenoxy) is 2. The van der Waals surface area contributed by atoms with Crippen molar-refractivity contribution in [2.24, 2.45) is 0 Å². The zero-order valence-corrected chi connectivity index (χ0v) is 12.8. The molecule has 122 valence electrons. The van der Waals surface area contributed by atoms with Crippen LogP contribution in [0.25, 0.3) is 5.69 Å². The number of methoxy groups -OCH3 is 1. The van der Waals surface area contributed by atoms with Crippen LogP contribution in [0.1, 0.15) is 34.3 Å². The van der Waals surface area contributed by atoms with Crippen LogP contribution in [-0.2, 0) is 4.74 Å². The molecule has 0 aliphatic carbocycles. The van der Waals surface area contributed by atoms with E-state index in [9.17, 15) is 19.8 Å². The van der Waals surface area contributed by atoms with Gasteiger partial charge in [0.25, 0.3) is 0 Å². The average Bonchev–Trinajstić information content (AvgIpc) is 2.83. The first-order valence-electron chi connectivity index (χ1n) is 6.98. The molecule has 0 spiro atoms. The van der Waals surface area contributed by atoms with Crippen LogP contribution in [0.5, 0.6) is 17.2 Å². The van der Waals surface area contributed by atoms with Gasteiger partial charge >= 0.3 is 5.97 Å². The fourth-order valence-electron chi connectivity index (χ4n) is 2.12. The molecule has 0 aliphatic heterocycles. The van der Waals surface area contributed by atoms with Crippen LogP contribution < -0.4 is 4.74 Å². The summed E-state index contributed by atoms with van der Waals surface area (Å²) in [5.41, 5.74) is -0.147. The van der Waals surface area contributed by atoms with Gasteiger partial charge in [0.2, 0.25) is 0 Å². The lowest BCUT2D eigenvalue weighted by atomic mass is 10.3. The molecule has 0 amide bonds. The van der Waals surface area contributed by atoms with Crippen LogP contribution in [0.2, 0.25) is 0 Å². The Labute approximate surface area is 132 Å². The number of aldehydes is 1. The fraction of sp³-hybridized carbons (Fsp3) is 0.250. The fourth-order valence-corrected chi connectivity index (χ4v) is 2.12. The maximum absolute atomic E-state index is 12.2. The van der Waals surface area contributed by atoms with E-state index >= 15 is 0 Å². The Bertz CT molecular complexity index is 717. The highest BCUT2D eigenvalue weighted by molar-refractivity contribution is 5.96. The summed E-state index contributed by atoms with van der Waals surface area (Å²) in [6, 6.07) is 6.42. The SMILES string of the molecule is CCCOC(=O)c1c(O)c(O)c(C=O)n1-c1ccc(OC)cc1. The molecular formula is C16H17NO6. The first-order valence-corrected chi connectivity index (χ1v) is 6.98. The van der Waals surface area contributed by atoms with E-state index in [4.69, 9.17) is 9.47 Å². The Balaban J connectivity index is 2.61. The predicted molar refractivity (Wildman–Crippen MR) is 81.6 cm³/mol. The Hall–Kier alpha value is -2.96. The number of carbonyl (C=O) groups is 2. The van der Waals surface area contributed by atoms with Crippen molar-refractivity contribution in [3.05, 3.63) is 35.7 Å². The van der Waals surface area contributed by atoms with Gasteiger partial charge in [-0.15, -0.1) is 0 Å². The summed E-state index contributed by atoms with van der Waals surface area (Å²) in [4.78, 5) is 23.4. The summed E-state index contributed by atoms with van der Waals surface area (Å²) in [7, 11) is 1.51. The number of esters is 1. The highest BCUT2D eigenvalue weighted by Crippen LogP contribution is 2.37. The Morgan fingerprint density at radius 1 is 1.22 bits per heavy atom. The van der Waals surface area contributed by atoms with Crippen molar-refractivity contribution >= 4 is 12.3 Å². The summed E-state index contributed by atoms with van der Waals surface area (Å²) in [6.07, 6.45) is 0.957. The highest BCUT2D eigenvalue weighted by Gasteiger charge is 2.28. The molecule has 1 aromatic carbocycles. The molecule has 23 heavy (non-hydrogen) atoms. The smallest absolute Gasteiger partial charge is 0.359 e. The summed E-state index contributed by atoms with van der Waals surface area (Å²) in [5.74, 6) is -1.61. The average molecular weight is 319 g/mol.